The Labute approximate surface area is 347 Å². The summed E-state index contributed by atoms with van der Waals surface area (Å²) in [5.74, 6) is 0. The van der Waals surface area contributed by atoms with Crippen LogP contribution in [0.25, 0.3) is 130 Å². The van der Waals surface area contributed by atoms with Gasteiger partial charge in [-0.3, -0.25) is 0 Å². The third-order valence-electron chi connectivity index (χ3n) is 13.1. The van der Waals surface area contributed by atoms with Crippen LogP contribution in [0.5, 0.6) is 0 Å². The lowest BCUT2D eigenvalue weighted by Gasteiger charge is -2.15. The van der Waals surface area contributed by atoms with Gasteiger partial charge in [-0.1, -0.05) is 182 Å². The van der Waals surface area contributed by atoms with Crippen LogP contribution in [-0.4, -0.2) is 0 Å². The molecular weight excluding hydrogens is 721 g/mol. The fourth-order valence-electron chi connectivity index (χ4n) is 10.2. The van der Waals surface area contributed by atoms with E-state index in [0.29, 0.717) is 0 Å². The molecule has 13 aromatic rings. The summed E-state index contributed by atoms with van der Waals surface area (Å²) in [6, 6.07) is 81.5. The van der Waals surface area contributed by atoms with Crippen molar-refractivity contribution in [3.05, 3.63) is 218 Å². The first-order chi connectivity index (χ1) is 29.7. The lowest BCUT2D eigenvalue weighted by Crippen LogP contribution is -1.88. The fraction of sp³-hybridized carbons (Fsp3) is 0. The van der Waals surface area contributed by atoms with Crippen molar-refractivity contribution in [2.75, 3.05) is 0 Å². The Morgan fingerprint density at radius 1 is 0.167 bits per heavy atom. The van der Waals surface area contributed by atoms with Crippen molar-refractivity contribution >= 4 is 97.0 Å². The zero-order valence-electron chi connectivity index (χ0n) is 32.8. The first-order valence-corrected chi connectivity index (χ1v) is 20.9. The normalized spacial score (nSPS) is 12.0. The van der Waals surface area contributed by atoms with Crippen LogP contribution in [0.2, 0.25) is 0 Å². The maximum atomic E-state index is 2.38. The molecule has 0 unspecified atom stereocenters. The fourth-order valence-corrected chi connectivity index (χ4v) is 10.2. The van der Waals surface area contributed by atoms with Gasteiger partial charge >= 0.3 is 0 Å². The summed E-state index contributed by atoms with van der Waals surface area (Å²) in [6.07, 6.45) is 0. The summed E-state index contributed by atoms with van der Waals surface area (Å²) in [5, 5.41) is 23.1. The molecule has 13 aromatic carbocycles. The average Bonchev–Trinajstić information content (AvgIpc) is 3.32. The third-order valence-corrected chi connectivity index (χ3v) is 13.1. The monoisotopic (exact) mass is 756 g/mol. The van der Waals surface area contributed by atoms with Crippen molar-refractivity contribution in [2.45, 2.75) is 0 Å². The lowest BCUT2D eigenvalue weighted by molar-refractivity contribution is 1.66. The van der Waals surface area contributed by atoms with E-state index in [9.17, 15) is 0 Å². The standard InChI is InChI=1S/C60H36/c1-5-13-49-37(9-1)25-27-54-53(49)29-30-56-58(36-46-12-4-8-16-52(46)60(54)56)48-24-22-42-32-40(18-20-44(42)34-48)39-17-19-43-33-47(23-21-41(43)31-39)57-35-45-11-3-7-15-51(45)59-50-14-6-2-10-38(50)26-28-55(57)59/h1-36H. The van der Waals surface area contributed by atoms with Gasteiger partial charge in [0.1, 0.15) is 0 Å². The van der Waals surface area contributed by atoms with E-state index in [4.69, 9.17) is 0 Å². The molecule has 0 bridgehead atoms. The Hall–Kier alpha value is -7.80. The second kappa shape index (κ2) is 12.9. The number of hydrogen-bond donors (Lipinski definition) is 0. The molecule has 0 radical (unpaired) electrons. The Bertz CT molecular complexity index is 3930. The van der Waals surface area contributed by atoms with E-state index < -0.39 is 0 Å². The highest BCUT2D eigenvalue weighted by atomic mass is 14.2. The van der Waals surface area contributed by atoms with Crippen molar-refractivity contribution in [2.24, 2.45) is 0 Å². The molecule has 0 aliphatic heterocycles. The Balaban J connectivity index is 0.889. The maximum absolute atomic E-state index is 2.38. The van der Waals surface area contributed by atoms with Crippen LogP contribution < -0.4 is 0 Å². The molecule has 0 atom stereocenters. The smallest absolute Gasteiger partial charge is 0.00204 e. The first-order valence-electron chi connectivity index (χ1n) is 20.9. The molecule has 0 saturated heterocycles. The van der Waals surface area contributed by atoms with Crippen LogP contribution in [0.15, 0.2) is 218 Å². The molecule has 0 aliphatic rings. The van der Waals surface area contributed by atoms with Gasteiger partial charge in [-0.25, -0.2) is 0 Å². The van der Waals surface area contributed by atoms with Crippen LogP contribution in [0.1, 0.15) is 0 Å². The minimum Gasteiger partial charge on any atom is -0.0616 e. The van der Waals surface area contributed by atoms with Gasteiger partial charge in [-0.15, -0.1) is 0 Å². The highest BCUT2D eigenvalue weighted by molar-refractivity contribution is 6.28. The van der Waals surface area contributed by atoms with Gasteiger partial charge in [0, 0.05) is 0 Å². The van der Waals surface area contributed by atoms with Gasteiger partial charge in [-0.05, 0) is 167 Å². The predicted octanol–water partition coefficient (Wildman–Crippen LogP) is 17.1. The molecular formula is C60H36. The Kier molecular flexibility index (Phi) is 7.11. The zero-order chi connectivity index (χ0) is 39.3. The molecule has 13 rings (SSSR count). The second-order valence-electron chi connectivity index (χ2n) is 16.4. The molecule has 0 saturated carbocycles. The zero-order valence-corrected chi connectivity index (χ0v) is 32.8. The van der Waals surface area contributed by atoms with E-state index in [2.05, 4.69) is 218 Å². The summed E-state index contributed by atoms with van der Waals surface area (Å²) in [5.41, 5.74) is 7.47. The summed E-state index contributed by atoms with van der Waals surface area (Å²) in [4.78, 5) is 0. The average molecular weight is 757 g/mol. The lowest BCUT2D eigenvalue weighted by atomic mass is 9.88. The second-order valence-corrected chi connectivity index (χ2v) is 16.4. The molecule has 0 nitrogen and oxygen atoms in total. The topological polar surface area (TPSA) is 0 Å². The van der Waals surface area contributed by atoms with Crippen molar-refractivity contribution in [1.29, 1.82) is 0 Å². The SMILES string of the molecule is c1ccc2c(c1)ccc1c2ccc2c(-c3ccc4cc(-c5ccc6cc(-c7cc8ccccc8c8c7ccc7ccccc78)ccc6c5)ccc4c3)cc3ccccc3c21. The Morgan fingerprint density at radius 2 is 0.500 bits per heavy atom. The van der Waals surface area contributed by atoms with Gasteiger partial charge < -0.3 is 0 Å². The van der Waals surface area contributed by atoms with Crippen LogP contribution in [0.4, 0.5) is 0 Å². The summed E-state index contributed by atoms with van der Waals surface area (Å²) in [7, 11) is 0. The molecule has 0 heterocycles. The summed E-state index contributed by atoms with van der Waals surface area (Å²) in [6.45, 7) is 0. The third kappa shape index (κ3) is 5.04. The van der Waals surface area contributed by atoms with Crippen molar-refractivity contribution < 1.29 is 0 Å². The van der Waals surface area contributed by atoms with Gasteiger partial charge in [0.2, 0.25) is 0 Å². The van der Waals surface area contributed by atoms with E-state index in [1.54, 1.807) is 0 Å². The molecule has 0 aliphatic carbocycles. The van der Waals surface area contributed by atoms with Crippen LogP contribution >= 0.6 is 0 Å². The molecule has 0 amide bonds. The molecule has 0 fully saturated rings. The van der Waals surface area contributed by atoms with E-state index in [-0.39, 0.29) is 0 Å². The van der Waals surface area contributed by atoms with Gasteiger partial charge in [0.15, 0.2) is 0 Å². The molecule has 0 N–H and O–H groups in total. The number of rotatable bonds is 3. The quantitative estimate of drug-likeness (QED) is 0.158. The van der Waals surface area contributed by atoms with Gasteiger partial charge in [-0.2, -0.15) is 0 Å². The van der Waals surface area contributed by atoms with Crippen LogP contribution in [0.3, 0.4) is 0 Å². The Morgan fingerprint density at radius 3 is 1.03 bits per heavy atom. The van der Waals surface area contributed by atoms with Gasteiger partial charge in [0.25, 0.3) is 0 Å². The maximum Gasteiger partial charge on any atom is -0.00204 e. The van der Waals surface area contributed by atoms with Crippen molar-refractivity contribution in [3.63, 3.8) is 0 Å². The van der Waals surface area contributed by atoms with Crippen molar-refractivity contribution in [1.82, 2.24) is 0 Å². The van der Waals surface area contributed by atoms with E-state index >= 15 is 0 Å². The number of fused-ring (bicyclic) bond motifs is 14. The van der Waals surface area contributed by atoms with E-state index in [0.717, 1.165) is 0 Å². The first kappa shape index (κ1) is 33.2. The molecule has 0 heteroatoms. The number of hydrogen-bond acceptors (Lipinski definition) is 0. The molecule has 276 valence electrons. The highest BCUT2D eigenvalue weighted by Crippen LogP contribution is 2.43. The van der Waals surface area contributed by atoms with Crippen LogP contribution in [0, 0.1) is 0 Å². The van der Waals surface area contributed by atoms with Crippen molar-refractivity contribution in [3.8, 4) is 33.4 Å². The summed E-state index contributed by atoms with van der Waals surface area (Å²) < 4.78 is 0. The minimum atomic E-state index is 1.23. The minimum absolute atomic E-state index is 1.23. The van der Waals surface area contributed by atoms with E-state index in [1.807, 2.05) is 0 Å². The molecule has 60 heavy (non-hydrogen) atoms. The van der Waals surface area contributed by atoms with Crippen LogP contribution in [-0.2, 0) is 0 Å². The summed E-state index contributed by atoms with van der Waals surface area (Å²) >= 11 is 0. The highest BCUT2D eigenvalue weighted by Gasteiger charge is 2.15. The van der Waals surface area contributed by atoms with Gasteiger partial charge in [0.05, 0.1) is 0 Å². The molecule has 0 aromatic heterocycles. The van der Waals surface area contributed by atoms with E-state index in [1.165, 1.54) is 130 Å². The largest absolute Gasteiger partial charge is 0.0616 e. The molecule has 0 spiro atoms. The predicted molar refractivity (Wildman–Crippen MR) is 260 cm³/mol. The number of benzene rings is 13.